The number of nitrogens with zero attached hydrogens (tertiary/aromatic N) is 4. The number of anilines is 2. The summed E-state index contributed by atoms with van der Waals surface area (Å²) >= 11 is 0. The van der Waals surface area contributed by atoms with Crippen LogP contribution in [0.25, 0.3) is 0 Å². The molecule has 0 aliphatic carbocycles. The molecular weight excluding hydrogens is 250 g/mol. The van der Waals surface area contributed by atoms with Gasteiger partial charge in [-0.1, -0.05) is 6.42 Å². The first-order valence-electron chi connectivity index (χ1n) is 7.85. The third-order valence-electron chi connectivity index (χ3n) is 4.60. The van der Waals surface area contributed by atoms with Gasteiger partial charge in [-0.25, -0.2) is 9.97 Å². The Kier molecular flexibility index (Phi) is 4.35. The summed E-state index contributed by atoms with van der Waals surface area (Å²) in [5.41, 5.74) is 0. The van der Waals surface area contributed by atoms with Crippen LogP contribution < -0.4 is 10.2 Å². The molecule has 0 atom stereocenters. The van der Waals surface area contributed by atoms with Gasteiger partial charge in [0.2, 0.25) is 0 Å². The average Bonchev–Trinajstić information content (AvgIpc) is 2.56. The minimum atomic E-state index is 0.789. The highest BCUT2D eigenvalue weighted by Crippen LogP contribution is 2.24. The van der Waals surface area contributed by atoms with Gasteiger partial charge in [0.25, 0.3) is 0 Å². The zero-order valence-electron chi connectivity index (χ0n) is 12.4. The molecule has 2 aliphatic rings. The molecule has 110 valence electrons. The molecule has 0 saturated carbocycles. The summed E-state index contributed by atoms with van der Waals surface area (Å²) in [5.74, 6) is 1.95. The summed E-state index contributed by atoms with van der Waals surface area (Å²) in [6.07, 6.45) is 8.37. The smallest absolute Gasteiger partial charge is 0.134 e. The fraction of sp³-hybridized carbons (Fsp3) is 0.733. The van der Waals surface area contributed by atoms with Crippen molar-refractivity contribution in [1.29, 1.82) is 0 Å². The Bertz CT molecular complexity index is 422. The molecule has 1 N–H and O–H groups in total. The van der Waals surface area contributed by atoms with Crippen LogP contribution in [0.4, 0.5) is 11.6 Å². The SMILES string of the molecule is CNc1cc(N2CCC(N3CCCCC3)CC2)ncn1. The van der Waals surface area contributed by atoms with Crippen LogP contribution in [0.3, 0.4) is 0 Å². The second-order valence-electron chi connectivity index (χ2n) is 5.83. The number of piperidine rings is 2. The van der Waals surface area contributed by atoms with Crippen LogP contribution in [0, 0.1) is 0 Å². The normalized spacial score (nSPS) is 21.9. The molecule has 2 aliphatic heterocycles. The van der Waals surface area contributed by atoms with E-state index >= 15 is 0 Å². The van der Waals surface area contributed by atoms with E-state index in [1.54, 1.807) is 6.33 Å². The first-order chi connectivity index (χ1) is 9.86. The van der Waals surface area contributed by atoms with Crippen molar-refractivity contribution in [3.05, 3.63) is 12.4 Å². The zero-order chi connectivity index (χ0) is 13.8. The summed E-state index contributed by atoms with van der Waals surface area (Å²) < 4.78 is 0. The average molecular weight is 275 g/mol. The highest BCUT2D eigenvalue weighted by Gasteiger charge is 2.26. The van der Waals surface area contributed by atoms with Crippen molar-refractivity contribution in [2.45, 2.75) is 38.1 Å². The molecule has 0 spiro atoms. The van der Waals surface area contributed by atoms with E-state index in [0.717, 1.165) is 30.8 Å². The van der Waals surface area contributed by atoms with Gasteiger partial charge in [-0.05, 0) is 38.8 Å². The van der Waals surface area contributed by atoms with Crippen LogP contribution >= 0.6 is 0 Å². The van der Waals surface area contributed by atoms with E-state index in [-0.39, 0.29) is 0 Å². The number of nitrogens with one attached hydrogen (secondary N) is 1. The third kappa shape index (κ3) is 3.03. The van der Waals surface area contributed by atoms with Crippen LogP contribution in [0.1, 0.15) is 32.1 Å². The molecule has 5 heteroatoms. The molecule has 0 radical (unpaired) electrons. The van der Waals surface area contributed by atoms with Gasteiger partial charge in [0.1, 0.15) is 18.0 Å². The van der Waals surface area contributed by atoms with Gasteiger partial charge in [-0.15, -0.1) is 0 Å². The highest BCUT2D eigenvalue weighted by atomic mass is 15.2. The van der Waals surface area contributed by atoms with Gasteiger partial charge in [0, 0.05) is 32.2 Å². The summed E-state index contributed by atoms with van der Waals surface area (Å²) in [7, 11) is 1.90. The van der Waals surface area contributed by atoms with Crippen LogP contribution in [0.15, 0.2) is 12.4 Å². The Labute approximate surface area is 121 Å². The van der Waals surface area contributed by atoms with Crippen LogP contribution in [-0.4, -0.2) is 54.1 Å². The molecule has 1 aromatic heterocycles. The van der Waals surface area contributed by atoms with Gasteiger partial charge in [0.15, 0.2) is 0 Å². The lowest BCUT2D eigenvalue weighted by molar-refractivity contribution is 0.141. The first-order valence-corrected chi connectivity index (χ1v) is 7.85. The second-order valence-corrected chi connectivity index (χ2v) is 5.83. The molecule has 0 amide bonds. The first kappa shape index (κ1) is 13.6. The molecule has 20 heavy (non-hydrogen) atoms. The Morgan fingerprint density at radius 2 is 1.80 bits per heavy atom. The van der Waals surface area contributed by atoms with Gasteiger partial charge in [0.05, 0.1) is 0 Å². The molecule has 5 nitrogen and oxygen atoms in total. The molecule has 1 aromatic rings. The van der Waals surface area contributed by atoms with E-state index in [9.17, 15) is 0 Å². The predicted octanol–water partition coefficient (Wildman–Crippen LogP) is 1.97. The van der Waals surface area contributed by atoms with E-state index in [1.807, 2.05) is 13.1 Å². The van der Waals surface area contributed by atoms with Crippen molar-refractivity contribution in [3.63, 3.8) is 0 Å². The monoisotopic (exact) mass is 275 g/mol. The fourth-order valence-electron chi connectivity index (χ4n) is 3.40. The van der Waals surface area contributed by atoms with Gasteiger partial charge < -0.3 is 15.1 Å². The van der Waals surface area contributed by atoms with Crippen molar-refractivity contribution in [1.82, 2.24) is 14.9 Å². The van der Waals surface area contributed by atoms with Crippen molar-refractivity contribution < 1.29 is 0 Å². The molecule has 0 aromatic carbocycles. The predicted molar refractivity (Wildman–Crippen MR) is 82.2 cm³/mol. The summed E-state index contributed by atoms with van der Waals surface area (Å²) in [5, 5.41) is 3.08. The van der Waals surface area contributed by atoms with E-state index < -0.39 is 0 Å². The minimum absolute atomic E-state index is 0.789. The summed E-state index contributed by atoms with van der Waals surface area (Å²) in [4.78, 5) is 13.7. The second kappa shape index (κ2) is 6.39. The summed E-state index contributed by atoms with van der Waals surface area (Å²) in [6.45, 7) is 4.84. The maximum atomic E-state index is 4.41. The molecule has 0 bridgehead atoms. The van der Waals surface area contributed by atoms with E-state index in [4.69, 9.17) is 0 Å². The molecule has 3 heterocycles. The maximum absolute atomic E-state index is 4.41. The van der Waals surface area contributed by atoms with Crippen LogP contribution in [-0.2, 0) is 0 Å². The molecule has 3 rings (SSSR count). The molecule has 2 saturated heterocycles. The van der Waals surface area contributed by atoms with Crippen molar-refractivity contribution >= 4 is 11.6 Å². The number of likely N-dealkylation sites (tertiary alicyclic amines) is 1. The Balaban J connectivity index is 1.57. The zero-order valence-corrected chi connectivity index (χ0v) is 12.4. The fourth-order valence-corrected chi connectivity index (χ4v) is 3.40. The lowest BCUT2D eigenvalue weighted by Gasteiger charge is -2.40. The Hall–Kier alpha value is -1.36. The number of rotatable bonds is 3. The van der Waals surface area contributed by atoms with Crippen LogP contribution in [0.5, 0.6) is 0 Å². The topological polar surface area (TPSA) is 44.3 Å². The highest BCUT2D eigenvalue weighted by molar-refractivity contribution is 5.48. The van der Waals surface area contributed by atoms with Gasteiger partial charge in [-0.2, -0.15) is 0 Å². The molecule has 0 unspecified atom stereocenters. The Morgan fingerprint density at radius 1 is 1.05 bits per heavy atom. The van der Waals surface area contributed by atoms with Crippen molar-refractivity contribution in [2.75, 3.05) is 43.4 Å². The largest absolute Gasteiger partial charge is 0.373 e. The molecule has 2 fully saturated rings. The van der Waals surface area contributed by atoms with Gasteiger partial charge >= 0.3 is 0 Å². The maximum Gasteiger partial charge on any atom is 0.134 e. The number of aromatic nitrogens is 2. The van der Waals surface area contributed by atoms with Gasteiger partial charge in [-0.3, -0.25) is 0 Å². The lowest BCUT2D eigenvalue weighted by atomic mass is 10.00. The number of hydrogen-bond donors (Lipinski definition) is 1. The van der Waals surface area contributed by atoms with Crippen molar-refractivity contribution in [3.8, 4) is 0 Å². The van der Waals surface area contributed by atoms with E-state index in [2.05, 4.69) is 25.1 Å². The van der Waals surface area contributed by atoms with Crippen LogP contribution in [0.2, 0.25) is 0 Å². The van der Waals surface area contributed by atoms with E-state index in [1.165, 1.54) is 45.2 Å². The molecular formula is C15H25N5. The third-order valence-corrected chi connectivity index (χ3v) is 4.60. The number of hydrogen-bond acceptors (Lipinski definition) is 5. The van der Waals surface area contributed by atoms with E-state index in [0.29, 0.717) is 0 Å². The quantitative estimate of drug-likeness (QED) is 0.913. The Morgan fingerprint density at radius 3 is 2.50 bits per heavy atom. The standard InChI is InChI=1S/C15H25N5/c1-16-14-11-15(18-12-17-14)20-9-5-13(6-10-20)19-7-3-2-4-8-19/h11-13H,2-10H2,1H3,(H,16,17,18). The van der Waals surface area contributed by atoms with Crippen molar-refractivity contribution in [2.24, 2.45) is 0 Å². The minimum Gasteiger partial charge on any atom is -0.373 e. The lowest BCUT2D eigenvalue weighted by Crippen LogP contribution is -2.46. The summed E-state index contributed by atoms with van der Waals surface area (Å²) in [6, 6.07) is 2.83.